The van der Waals surface area contributed by atoms with Crippen molar-refractivity contribution in [2.45, 2.75) is 58.7 Å². The van der Waals surface area contributed by atoms with E-state index in [9.17, 15) is 0 Å². The van der Waals surface area contributed by atoms with E-state index < -0.39 is 0 Å². The molecule has 0 aliphatic carbocycles. The van der Waals surface area contributed by atoms with Gasteiger partial charge >= 0.3 is 0 Å². The van der Waals surface area contributed by atoms with Crippen LogP contribution in [0.15, 0.2) is 4.99 Å². The first kappa shape index (κ1) is 15.6. The lowest BCUT2D eigenvalue weighted by atomic mass is 9.97. The largest absolute Gasteiger partial charge is 0.327 e. The van der Waals surface area contributed by atoms with Crippen molar-refractivity contribution in [1.82, 2.24) is 5.32 Å². The zero-order chi connectivity index (χ0) is 12.8. The van der Waals surface area contributed by atoms with E-state index in [-0.39, 0.29) is 17.6 Å². The summed E-state index contributed by atoms with van der Waals surface area (Å²) in [5.41, 5.74) is 12.6. The second kappa shape index (κ2) is 6.99. The van der Waals surface area contributed by atoms with E-state index in [0.29, 0.717) is 6.54 Å². The molecule has 0 aromatic rings. The zero-order valence-corrected chi connectivity index (χ0v) is 11.4. The smallest absolute Gasteiger partial charge is 0.0537 e. The van der Waals surface area contributed by atoms with E-state index in [1.165, 1.54) is 0 Å². The summed E-state index contributed by atoms with van der Waals surface area (Å²) in [6, 6.07) is 0.315. The molecule has 0 aromatic carbocycles. The summed E-state index contributed by atoms with van der Waals surface area (Å²) in [6.45, 7) is 11.9. The molecule has 0 radical (unpaired) electrons. The highest BCUT2D eigenvalue weighted by Gasteiger charge is 2.18. The lowest BCUT2D eigenvalue weighted by Gasteiger charge is -2.27. The number of aliphatic imine (C=N–C) groups is 1. The summed E-state index contributed by atoms with van der Waals surface area (Å²) in [5, 5.41) is 3.44. The number of nitrogens with two attached hydrogens (primary N) is 2. The van der Waals surface area contributed by atoms with Crippen molar-refractivity contribution in [2.75, 3.05) is 13.1 Å². The average molecular weight is 228 g/mol. The van der Waals surface area contributed by atoms with Crippen molar-refractivity contribution in [2.24, 2.45) is 16.5 Å². The molecule has 0 saturated carbocycles. The monoisotopic (exact) mass is 228 g/mol. The van der Waals surface area contributed by atoms with E-state index in [2.05, 4.69) is 31.1 Å². The fraction of sp³-hybridized carbons (Fsp3) is 0.917. The molecule has 0 bridgehead atoms. The highest BCUT2D eigenvalue weighted by molar-refractivity contribution is 5.82. The van der Waals surface area contributed by atoms with Crippen LogP contribution in [0.4, 0.5) is 0 Å². The van der Waals surface area contributed by atoms with Crippen LogP contribution in [-0.2, 0) is 0 Å². The van der Waals surface area contributed by atoms with Crippen LogP contribution in [0.5, 0.6) is 0 Å². The van der Waals surface area contributed by atoms with Gasteiger partial charge in [-0.3, -0.25) is 4.99 Å². The molecular formula is C12H28N4. The fourth-order valence-electron chi connectivity index (χ4n) is 1.50. The summed E-state index contributed by atoms with van der Waals surface area (Å²) in [5.74, 6) is 0. The number of rotatable bonds is 7. The van der Waals surface area contributed by atoms with Crippen LogP contribution in [0.1, 0.15) is 41.0 Å². The average Bonchev–Trinajstić information content (AvgIpc) is 2.11. The maximum absolute atomic E-state index is 5.72. The van der Waals surface area contributed by atoms with Gasteiger partial charge in [0.15, 0.2) is 0 Å². The quantitative estimate of drug-likeness (QED) is 0.567. The Bertz CT molecular complexity index is 219. The van der Waals surface area contributed by atoms with Crippen LogP contribution in [0.2, 0.25) is 0 Å². The Labute approximate surface area is 99.9 Å². The Hall–Kier alpha value is -0.450. The molecule has 0 saturated heterocycles. The van der Waals surface area contributed by atoms with Gasteiger partial charge in [-0.1, -0.05) is 0 Å². The third-order valence-electron chi connectivity index (χ3n) is 2.25. The normalized spacial score (nSPS) is 17.3. The van der Waals surface area contributed by atoms with Gasteiger partial charge in [0.05, 0.1) is 6.54 Å². The molecule has 4 heteroatoms. The molecule has 16 heavy (non-hydrogen) atoms. The number of hydrogen-bond donors (Lipinski definition) is 3. The Morgan fingerprint density at radius 1 is 1.25 bits per heavy atom. The summed E-state index contributed by atoms with van der Waals surface area (Å²) in [7, 11) is 0. The minimum Gasteiger partial charge on any atom is -0.327 e. The Kier molecular flexibility index (Phi) is 6.79. The third-order valence-corrected chi connectivity index (χ3v) is 2.25. The van der Waals surface area contributed by atoms with Gasteiger partial charge in [-0.15, -0.1) is 0 Å². The topological polar surface area (TPSA) is 76.4 Å². The van der Waals surface area contributed by atoms with Gasteiger partial charge in [-0.25, -0.2) is 0 Å². The molecule has 0 amide bonds. The molecular weight excluding hydrogens is 200 g/mol. The molecule has 2 atom stereocenters. The van der Waals surface area contributed by atoms with Crippen molar-refractivity contribution < 1.29 is 0 Å². The molecule has 0 aliphatic heterocycles. The second-order valence-corrected chi connectivity index (χ2v) is 5.47. The number of nitrogens with zero attached hydrogens (tertiary/aromatic N) is 1. The lowest BCUT2D eigenvalue weighted by Crippen LogP contribution is -2.46. The summed E-state index contributed by atoms with van der Waals surface area (Å²) in [6.07, 6.45) is 0.923. The van der Waals surface area contributed by atoms with Gasteiger partial charge < -0.3 is 16.8 Å². The van der Waals surface area contributed by atoms with Crippen molar-refractivity contribution in [1.29, 1.82) is 0 Å². The Morgan fingerprint density at radius 2 is 1.81 bits per heavy atom. The molecule has 4 nitrogen and oxygen atoms in total. The van der Waals surface area contributed by atoms with Gasteiger partial charge in [0.25, 0.3) is 0 Å². The predicted octanol–water partition coefficient (Wildman–Crippen LogP) is 0.900. The van der Waals surface area contributed by atoms with Crippen LogP contribution in [0.3, 0.4) is 0 Å². The van der Waals surface area contributed by atoms with Crippen molar-refractivity contribution in [3.8, 4) is 0 Å². The maximum atomic E-state index is 5.72. The first-order valence-corrected chi connectivity index (χ1v) is 5.99. The van der Waals surface area contributed by atoms with Crippen molar-refractivity contribution in [3.63, 3.8) is 0 Å². The van der Waals surface area contributed by atoms with E-state index in [1.54, 1.807) is 0 Å². The SMILES string of the molecule is CC(CC(C)(C)NC[C@@H](C)N)=NC[C@@H](C)N. The van der Waals surface area contributed by atoms with E-state index >= 15 is 0 Å². The number of nitrogens with one attached hydrogen (secondary N) is 1. The van der Waals surface area contributed by atoms with Crippen LogP contribution in [0, 0.1) is 0 Å². The molecule has 0 fully saturated rings. The van der Waals surface area contributed by atoms with E-state index in [0.717, 1.165) is 18.7 Å². The second-order valence-electron chi connectivity index (χ2n) is 5.47. The van der Waals surface area contributed by atoms with Crippen LogP contribution >= 0.6 is 0 Å². The molecule has 0 unspecified atom stereocenters. The van der Waals surface area contributed by atoms with Crippen LogP contribution < -0.4 is 16.8 Å². The maximum Gasteiger partial charge on any atom is 0.0537 e. The van der Waals surface area contributed by atoms with E-state index in [4.69, 9.17) is 11.5 Å². The summed E-state index contributed by atoms with van der Waals surface area (Å²) in [4.78, 5) is 4.46. The van der Waals surface area contributed by atoms with Crippen molar-refractivity contribution in [3.05, 3.63) is 0 Å². The molecule has 0 aromatic heterocycles. The highest BCUT2D eigenvalue weighted by atomic mass is 15.0. The number of hydrogen-bond acceptors (Lipinski definition) is 4. The standard InChI is InChI=1S/C12H28N4/c1-9(13)7-15-11(3)6-12(4,5)16-8-10(2)14/h9-10,16H,6-8,13-14H2,1-5H3/t9-,10-/m1/s1. The Morgan fingerprint density at radius 3 is 2.25 bits per heavy atom. The van der Waals surface area contributed by atoms with Crippen molar-refractivity contribution >= 4 is 5.71 Å². The lowest BCUT2D eigenvalue weighted by molar-refractivity contribution is 0.389. The Balaban J connectivity index is 4.08. The molecule has 5 N–H and O–H groups in total. The van der Waals surface area contributed by atoms with Gasteiger partial charge in [0.2, 0.25) is 0 Å². The molecule has 0 spiro atoms. The van der Waals surface area contributed by atoms with Gasteiger partial charge in [-0.05, 0) is 34.6 Å². The predicted molar refractivity (Wildman–Crippen MR) is 72.0 cm³/mol. The first-order chi connectivity index (χ1) is 7.23. The van der Waals surface area contributed by atoms with Gasteiger partial charge in [-0.2, -0.15) is 0 Å². The molecule has 96 valence electrons. The minimum absolute atomic E-state index is 0.0407. The third kappa shape index (κ3) is 8.83. The fourth-order valence-corrected chi connectivity index (χ4v) is 1.50. The summed E-state index contributed by atoms with van der Waals surface area (Å²) < 4.78 is 0. The van der Waals surface area contributed by atoms with Crippen LogP contribution in [-0.4, -0.2) is 36.4 Å². The summed E-state index contributed by atoms with van der Waals surface area (Å²) >= 11 is 0. The van der Waals surface area contributed by atoms with Crippen LogP contribution in [0.25, 0.3) is 0 Å². The molecule has 0 rings (SSSR count). The zero-order valence-electron chi connectivity index (χ0n) is 11.4. The highest BCUT2D eigenvalue weighted by Crippen LogP contribution is 2.09. The minimum atomic E-state index is 0.0407. The van der Waals surface area contributed by atoms with Gasteiger partial charge in [0.1, 0.15) is 0 Å². The van der Waals surface area contributed by atoms with E-state index in [1.807, 2.05) is 13.8 Å². The first-order valence-electron chi connectivity index (χ1n) is 5.99. The molecule has 0 heterocycles. The van der Waals surface area contributed by atoms with Gasteiger partial charge in [0, 0.05) is 36.3 Å². The molecule has 0 aliphatic rings.